The van der Waals surface area contributed by atoms with Gasteiger partial charge in [0.15, 0.2) is 0 Å². The number of H-pyrrole nitrogens is 1. The maximum absolute atomic E-state index is 11.3. The number of aryl methyl sites for hydroxylation is 1. The number of nitrogens with one attached hydrogen (secondary N) is 1. The molecule has 0 atom stereocenters. The Labute approximate surface area is 97.3 Å². The van der Waals surface area contributed by atoms with Gasteiger partial charge in [0.25, 0.3) is 5.56 Å². The molecule has 0 spiro atoms. The Morgan fingerprint density at radius 2 is 2.00 bits per heavy atom. The molecule has 0 aliphatic heterocycles. The van der Waals surface area contributed by atoms with Crippen molar-refractivity contribution in [3.05, 3.63) is 57.5 Å². The summed E-state index contributed by atoms with van der Waals surface area (Å²) in [5, 5.41) is 11.2. The first-order valence-corrected chi connectivity index (χ1v) is 5.14. The van der Waals surface area contributed by atoms with Gasteiger partial charge in [-0.1, -0.05) is 29.8 Å². The topological polar surface area (TPSA) is 75.1 Å². The number of carboxylic acid groups (broad SMARTS) is 1. The fourth-order valence-corrected chi connectivity index (χ4v) is 1.57. The van der Waals surface area contributed by atoms with Crippen molar-refractivity contribution in [2.45, 2.75) is 13.5 Å². The minimum atomic E-state index is -1.21. The Hall–Kier alpha value is -2.30. The fraction of sp³-hybridized carbons (Fsp3) is 0.167. The van der Waals surface area contributed by atoms with Gasteiger partial charge in [-0.2, -0.15) is 0 Å². The van der Waals surface area contributed by atoms with Crippen LogP contribution in [-0.4, -0.2) is 20.9 Å². The maximum Gasteiger partial charge on any atom is 0.342 e. The predicted octanol–water partition coefficient (Wildman–Crippen LogP) is 1.23. The molecular weight excluding hydrogens is 220 g/mol. The Morgan fingerprint density at radius 3 is 2.53 bits per heavy atom. The molecule has 2 N–H and O–H groups in total. The largest absolute Gasteiger partial charge is 0.477 e. The van der Waals surface area contributed by atoms with Gasteiger partial charge in [-0.05, 0) is 12.5 Å². The summed E-state index contributed by atoms with van der Waals surface area (Å²) in [6.45, 7) is 2.44. The number of hydrogen-bond donors (Lipinski definition) is 2. The van der Waals surface area contributed by atoms with E-state index in [1.807, 2.05) is 31.2 Å². The second-order valence-corrected chi connectivity index (χ2v) is 3.90. The number of carboxylic acids is 1. The number of benzene rings is 1. The van der Waals surface area contributed by atoms with E-state index in [2.05, 4.69) is 5.10 Å². The zero-order chi connectivity index (χ0) is 12.4. The highest BCUT2D eigenvalue weighted by atomic mass is 16.4. The van der Waals surface area contributed by atoms with Crippen LogP contribution in [0.1, 0.15) is 21.5 Å². The molecule has 2 aromatic rings. The second-order valence-electron chi connectivity index (χ2n) is 3.90. The number of rotatable bonds is 3. The Kier molecular flexibility index (Phi) is 2.82. The molecule has 88 valence electrons. The van der Waals surface area contributed by atoms with Crippen LogP contribution in [0, 0.1) is 6.92 Å². The standard InChI is InChI=1S/C12H12N2O3/c1-8-2-4-9(5-3-8)6-14-7-10(12(16)17)11(15)13-14/h2-5,7H,6H2,1H3,(H,13,15)(H,16,17). The SMILES string of the molecule is Cc1ccc(Cn2cc(C(=O)O)c(=O)[nH]2)cc1. The van der Waals surface area contributed by atoms with Crippen molar-refractivity contribution in [3.8, 4) is 0 Å². The first kappa shape index (κ1) is 11.2. The number of carbonyl (C=O) groups is 1. The Balaban J connectivity index is 2.25. The van der Waals surface area contributed by atoms with Crippen LogP contribution < -0.4 is 5.56 Å². The van der Waals surface area contributed by atoms with Crippen molar-refractivity contribution in [1.82, 2.24) is 9.78 Å². The molecule has 0 saturated heterocycles. The van der Waals surface area contributed by atoms with E-state index < -0.39 is 11.5 Å². The quantitative estimate of drug-likeness (QED) is 0.835. The van der Waals surface area contributed by atoms with Gasteiger partial charge in [0.05, 0.1) is 6.54 Å². The van der Waals surface area contributed by atoms with E-state index >= 15 is 0 Å². The summed E-state index contributed by atoms with van der Waals surface area (Å²) in [5.74, 6) is -1.21. The highest BCUT2D eigenvalue weighted by molar-refractivity contribution is 5.86. The normalized spacial score (nSPS) is 10.4. The molecule has 0 radical (unpaired) electrons. The molecule has 1 heterocycles. The van der Waals surface area contributed by atoms with Crippen molar-refractivity contribution < 1.29 is 9.90 Å². The summed E-state index contributed by atoms with van der Waals surface area (Å²) in [5.41, 5.74) is 1.33. The lowest BCUT2D eigenvalue weighted by Crippen LogP contribution is -2.12. The molecule has 0 aliphatic rings. The highest BCUT2D eigenvalue weighted by Gasteiger charge is 2.11. The fourth-order valence-electron chi connectivity index (χ4n) is 1.57. The van der Waals surface area contributed by atoms with Gasteiger partial charge in [0.1, 0.15) is 5.56 Å². The van der Waals surface area contributed by atoms with Crippen LogP contribution >= 0.6 is 0 Å². The number of aromatic amines is 1. The highest BCUT2D eigenvalue weighted by Crippen LogP contribution is 2.04. The average Bonchev–Trinajstić information content (AvgIpc) is 2.63. The molecule has 5 heteroatoms. The lowest BCUT2D eigenvalue weighted by atomic mass is 10.1. The molecule has 0 fully saturated rings. The van der Waals surface area contributed by atoms with E-state index in [1.165, 1.54) is 10.9 Å². The number of aromatic nitrogens is 2. The molecular formula is C12H12N2O3. The monoisotopic (exact) mass is 232 g/mol. The van der Waals surface area contributed by atoms with Crippen molar-refractivity contribution >= 4 is 5.97 Å². The summed E-state index contributed by atoms with van der Waals surface area (Å²) in [6, 6.07) is 7.81. The van der Waals surface area contributed by atoms with Crippen molar-refractivity contribution in [3.63, 3.8) is 0 Å². The second kappa shape index (κ2) is 4.29. The number of aromatic carboxylic acids is 1. The predicted molar refractivity (Wildman–Crippen MR) is 62.3 cm³/mol. The molecule has 0 saturated carbocycles. The zero-order valence-corrected chi connectivity index (χ0v) is 9.30. The minimum absolute atomic E-state index is 0.239. The van der Waals surface area contributed by atoms with E-state index in [-0.39, 0.29) is 5.56 Å². The molecule has 1 aromatic carbocycles. The van der Waals surface area contributed by atoms with Gasteiger partial charge in [-0.25, -0.2) is 4.79 Å². The molecule has 0 bridgehead atoms. The van der Waals surface area contributed by atoms with Gasteiger partial charge in [0.2, 0.25) is 0 Å². The molecule has 1 aromatic heterocycles. The van der Waals surface area contributed by atoms with E-state index in [9.17, 15) is 9.59 Å². The van der Waals surface area contributed by atoms with E-state index in [4.69, 9.17) is 5.11 Å². The zero-order valence-electron chi connectivity index (χ0n) is 9.30. The van der Waals surface area contributed by atoms with Crippen LogP contribution in [0.2, 0.25) is 0 Å². The first-order valence-electron chi connectivity index (χ1n) is 5.14. The van der Waals surface area contributed by atoms with Crippen LogP contribution in [0.3, 0.4) is 0 Å². The van der Waals surface area contributed by atoms with E-state index in [0.717, 1.165) is 11.1 Å². The summed E-state index contributed by atoms with van der Waals surface area (Å²) in [7, 11) is 0. The van der Waals surface area contributed by atoms with Gasteiger partial charge < -0.3 is 5.11 Å². The van der Waals surface area contributed by atoms with Crippen molar-refractivity contribution in [1.29, 1.82) is 0 Å². The molecule has 0 unspecified atom stereocenters. The van der Waals surface area contributed by atoms with Gasteiger partial charge in [0, 0.05) is 6.20 Å². The molecule has 2 rings (SSSR count). The van der Waals surface area contributed by atoms with E-state index in [0.29, 0.717) is 6.54 Å². The van der Waals surface area contributed by atoms with Crippen LogP contribution in [-0.2, 0) is 6.54 Å². The Bertz CT molecular complexity index is 593. The number of nitrogens with zero attached hydrogens (tertiary/aromatic N) is 1. The van der Waals surface area contributed by atoms with Gasteiger partial charge >= 0.3 is 5.97 Å². The summed E-state index contributed by atoms with van der Waals surface area (Å²) >= 11 is 0. The average molecular weight is 232 g/mol. The molecule has 0 amide bonds. The van der Waals surface area contributed by atoms with Crippen LogP contribution in [0.15, 0.2) is 35.3 Å². The third kappa shape index (κ3) is 2.44. The Morgan fingerprint density at radius 1 is 1.35 bits per heavy atom. The van der Waals surface area contributed by atoms with Crippen LogP contribution in [0.4, 0.5) is 0 Å². The van der Waals surface area contributed by atoms with Gasteiger partial charge in [-0.15, -0.1) is 0 Å². The smallest absolute Gasteiger partial charge is 0.342 e. The third-order valence-electron chi connectivity index (χ3n) is 2.48. The van der Waals surface area contributed by atoms with Crippen LogP contribution in [0.5, 0.6) is 0 Å². The van der Waals surface area contributed by atoms with Gasteiger partial charge in [-0.3, -0.25) is 14.6 Å². The van der Waals surface area contributed by atoms with Crippen molar-refractivity contribution in [2.75, 3.05) is 0 Å². The minimum Gasteiger partial charge on any atom is -0.477 e. The molecule has 5 nitrogen and oxygen atoms in total. The van der Waals surface area contributed by atoms with Crippen LogP contribution in [0.25, 0.3) is 0 Å². The third-order valence-corrected chi connectivity index (χ3v) is 2.48. The number of hydrogen-bond acceptors (Lipinski definition) is 2. The summed E-state index contributed by atoms with van der Waals surface area (Å²) in [6.07, 6.45) is 1.31. The molecule has 0 aliphatic carbocycles. The summed E-state index contributed by atoms with van der Waals surface area (Å²) in [4.78, 5) is 22.0. The lowest BCUT2D eigenvalue weighted by molar-refractivity contribution is 0.0695. The van der Waals surface area contributed by atoms with Crippen molar-refractivity contribution in [2.24, 2.45) is 0 Å². The van der Waals surface area contributed by atoms with E-state index in [1.54, 1.807) is 0 Å². The first-order chi connectivity index (χ1) is 8.06. The maximum atomic E-state index is 11.3. The molecule has 17 heavy (non-hydrogen) atoms. The summed E-state index contributed by atoms with van der Waals surface area (Å²) < 4.78 is 1.47. The lowest BCUT2D eigenvalue weighted by Gasteiger charge is -2.02.